The molecule has 0 spiro atoms. The minimum absolute atomic E-state index is 0.153. The van der Waals surface area contributed by atoms with E-state index in [1.54, 1.807) is 6.92 Å². The predicted molar refractivity (Wildman–Crippen MR) is 79.5 cm³/mol. The van der Waals surface area contributed by atoms with Gasteiger partial charge in [-0.25, -0.2) is 4.98 Å². The number of anilines is 1. The minimum atomic E-state index is -0.264. The lowest BCUT2D eigenvalue weighted by Gasteiger charge is -2.19. The number of hydrogen-bond acceptors (Lipinski definition) is 4. The van der Waals surface area contributed by atoms with Crippen molar-refractivity contribution in [1.29, 1.82) is 0 Å². The number of nitrogen functional groups attached to an aromatic ring is 1. The Morgan fingerprint density at radius 1 is 1.40 bits per heavy atom. The largest absolute Gasteiger partial charge is 0.465 e. The lowest BCUT2D eigenvalue weighted by molar-refractivity contribution is -0.143. The van der Waals surface area contributed by atoms with Crippen LogP contribution in [-0.2, 0) is 21.5 Å². The van der Waals surface area contributed by atoms with E-state index in [1.165, 1.54) is 0 Å². The zero-order valence-corrected chi connectivity index (χ0v) is 12.4. The van der Waals surface area contributed by atoms with Crippen molar-refractivity contribution in [3.8, 4) is 0 Å². The van der Waals surface area contributed by atoms with E-state index >= 15 is 0 Å². The van der Waals surface area contributed by atoms with Gasteiger partial charge in [-0.15, -0.1) is 0 Å². The van der Waals surface area contributed by atoms with E-state index in [4.69, 9.17) is 10.5 Å². The molecule has 0 unspecified atom stereocenters. The van der Waals surface area contributed by atoms with E-state index in [-0.39, 0.29) is 17.9 Å². The van der Waals surface area contributed by atoms with Gasteiger partial charge in [0.2, 0.25) is 0 Å². The predicted octanol–water partition coefficient (Wildman–Crippen LogP) is 2.48. The molecule has 0 atom stereocenters. The van der Waals surface area contributed by atoms with Crippen LogP contribution in [0.5, 0.6) is 0 Å². The highest BCUT2D eigenvalue weighted by atomic mass is 16.5. The maximum absolute atomic E-state index is 11.8. The van der Waals surface area contributed by atoms with Crippen molar-refractivity contribution in [1.82, 2.24) is 9.55 Å². The number of carbonyl (C=O) groups is 1. The summed E-state index contributed by atoms with van der Waals surface area (Å²) in [5, 5.41) is 0. The maximum Gasteiger partial charge on any atom is 0.326 e. The van der Waals surface area contributed by atoms with E-state index in [0.717, 1.165) is 16.9 Å². The van der Waals surface area contributed by atoms with E-state index in [1.807, 2.05) is 22.8 Å². The third-order valence-electron chi connectivity index (χ3n) is 3.07. The Morgan fingerprint density at radius 2 is 2.10 bits per heavy atom. The maximum atomic E-state index is 11.8. The third-order valence-corrected chi connectivity index (χ3v) is 3.07. The van der Waals surface area contributed by atoms with E-state index in [9.17, 15) is 4.79 Å². The lowest BCUT2D eigenvalue weighted by Crippen LogP contribution is -2.22. The fourth-order valence-electron chi connectivity index (χ4n) is 2.24. The lowest BCUT2D eigenvalue weighted by atomic mass is 9.95. The van der Waals surface area contributed by atoms with Crippen molar-refractivity contribution in [2.24, 2.45) is 0 Å². The van der Waals surface area contributed by atoms with Crippen molar-refractivity contribution < 1.29 is 9.53 Å². The Labute approximate surface area is 118 Å². The molecule has 0 aliphatic carbocycles. The Hall–Kier alpha value is -2.04. The number of fused-ring (bicyclic) bond motifs is 1. The van der Waals surface area contributed by atoms with Crippen molar-refractivity contribution in [3.63, 3.8) is 0 Å². The smallest absolute Gasteiger partial charge is 0.326 e. The van der Waals surface area contributed by atoms with Crippen LogP contribution < -0.4 is 5.73 Å². The number of hydrogen-bond donors (Lipinski definition) is 1. The summed E-state index contributed by atoms with van der Waals surface area (Å²) in [5.74, 6) is 0.568. The molecule has 20 heavy (non-hydrogen) atoms. The first-order valence-electron chi connectivity index (χ1n) is 6.75. The van der Waals surface area contributed by atoms with Crippen LogP contribution in [0.15, 0.2) is 18.2 Å². The van der Waals surface area contributed by atoms with Gasteiger partial charge < -0.3 is 15.0 Å². The Balaban J connectivity index is 2.59. The normalized spacial score (nSPS) is 11.8. The number of rotatable bonds is 3. The number of carbonyl (C=O) groups excluding carboxylic acids is 1. The second kappa shape index (κ2) is 5.15. The first-order valence-corrected chi connectivity index (χ1v) is 6.75. The number of ether oxygens (including phenoxy) is 1. The molecule has 0 radical (unpaired) electrons. The van der Waals surface area contributed by atoms with Gasteiger partial charge in [-0.3, -0.25) is 4.79 Å². The minimum Gasteiger partial charge on any atom is -0.465 e. The SMILES string of the molecule is CCOC(=O)Cn1c(C(C)(C)C)nc2c(N)cccc21. The zero-order chi connectivity index (χ0) is 14.9. The molecular weight excluding hydrogens is 254 g/mol. The number of benzene rings is 1. The van der Waals surface area contributed by atoms with Gasteiger partial charge in [0, 0.05) is 5.41 Å². The van der Waals surface area contributed by atoms with Crippen LogP contribution in [0.25, 0.3) is 11.0 Å². The summed E-state index contributed by atoms with van der Waals surface area (Å²) in [7, 11) is 0. The van der Waals surface area contributed by atoms with Gasteiger partial charge >= 0.3 is 5.97 Å². The second-order valence-electron chi connectivity index (χ2n) is 5.79. The van der Waals surface area contributed by atoms with Crippen LogP contribution in [0.3, 0.4) is 0 Å². The molecule has 0 aliphatic heterocycles. The summed E-state index contributed by atoms with van der Waals surface area (Å²) in [6, 6.07) is 5.61. The second-order valence-corrected chi connectivity index (χ2v) is 5.79. The highest BCUT2D eigenvalue weighted by Crippen LogP contribution is 2.28. The molecule has 1 aromatic heterocycles. The molecule has 2 aromatic rings. The first kappa shape index (κ1) is 14.4. The van der Waals surface area contributed by atoms with Crippen LogP contribution in [0, 0.1) is 0 Å². The molecule has 0 amide bonds. The molecule has 0 aliphatic rings. The molecular formula is C15H21N3O2. The van der Waals surface area contributed by atoms with Gasteiger partial charge in [-0.05, 0) is 19.1 Å². The topological polar surface area (TPSA) is 70.1 Å². The quantitative estimate of drug-likeness (QED) is 0.690. The fourth-order valence-corrected chi connectivity index (χ4v) is 2.24. The van der Waals surface area contributed by atoms with Crippen molar-refractivity contribution in [2.75, 3.05) is 12.3 Å². The summed E-state index contributed by atoms with van der Waals surface area (Å²) < 4.78 is 6.94. The summed E-state index contributed by atoms with van der Waals surface area (Å²) in [6.07, 6.45) is 0. The molecule has 0 fully saturated rings. The zero-order valence-electron chi connectivity index (χ0n) is 12.4. The Bertz CT molecular complexity index is 638. The molecule has 2 N–H and O–H groups in total. The van der Waals surface area contributed by atoms with E-state index in [2.05, 4.69) is 25.8 Å². The fraction of sp³-hybridized carbons (Fsp3) is 0.467. The number of nitrogens with zero attached hydrogens (tertiary/aromatic N) is 2. The Kier molecular flexibility index (Phi) is 3.70. The van der Waals surface area contributed by atoms with Gasteiger partial charge in [0.25, 0.3) is 0 Å². The monoisotopic (exact) mass is 275 g/mol. The third kappa shape index (κ3) is 2.61. The van der Waals surface area contributed by atoms with Crippen LogP contribution in [-0.4, -0.2) is 22.1 Å². The molecule has 0 saturated carbocycles. The molecule has 5 nitrogen and oxygen atoms in total. The number of para-hydroxylation sites is 1. The molecule has 108 valence electrons. The van der Waals surface area contributed by atoms with Crippen molar-refractivity contribution in [2.45, 2.75) is 39.7 Å². The average molecular weight is 275 g/mol. The summed E-state index contributed by atoms with van der Waals surface area (Å²) in [6.45, 7) is 8.51. The molecule has 1 heterocycles. The number of esters is 1. The summed E-state index contributed by atoms with van der Waals surface area (Å²) in [5.41, 5.74) is 8.02. The molecule has 0 bridgehead atoms. The van der Waals surface area contributed by atoms with Crippen LogP contribution in [0.1, 0.15) is 33.5 Å². The number of imidazole rings is 1. The van der Waals surface area contributed by atoms with Crippen LogP contribution >= 0.6 is 0 Å². The van der Waals surface area contributed by atoms with Crippen LogP contribution in [0.4, 0.5) is 5.69 Å². The molecule has 0 saturated heterocycles. The standard InChI is InChI=1S/C15H21N3O2/c1-5-20-12(19)9-18-11-8-6-7-10(16)13(11)17-14(18)15(2,3)4/h6-8H,5,9,16H2,1-4H3. The summed E-state index contributed by atoms with van der Waals surface area (Å²) >= 11 is 0. The Morgan fingerprint density at radius 3 is 2.70 bits per heavy atom. The van der Waals surface area contributed by atoms with Gasteiger partial charge in [0.05, 0.1) is 17.8 Å². The summed E-state index contributed by atoms with van der Waals surface area (Å²) in [4.78, 5) is 16.4. The molecule has 2 rings (SSSR count). The van der Waals surface area contributed by atoms with Crippen molar-refractivity contribution >= 4 is 22.7 Å². The number of aromatic nitrogens is 2. The van der Waals surface area contributed by atoms with E-state index < -0.39 is 0 Å². The average Bonchev–Trinajstić information content (AvgIpc) is 2.70. The first-order chi connectivity index (χ1) is 9.34. The highest BCUT2D eigenvalue weighted by Gasteiger charge is 2.24. The van der Waals surface area contributed by atoms with Gasteiger partial charge in [-0.1, -0.05) is 26.8 Å². The molecule has 1 aromatic carbocycles. The van der Waals surface area contributed by atoms with Gasteiger partial charge in [-0.2, -0.15) is 0 Å². The number of nitrogens with two attached hydrogens (primary N) is 1. The van der Waals surface area contributed by atoms with E-state index in [0.29, 0.717) is 12.3 Å². The van der Waals surface area contributed by atoms with Crippen LogP contribution in [0.2, 0.25) is 0 Å². The molecule has 5 heteroatoms. The van der Waals surface area contributed by atoms with Gasteiger partial charge in [0.1, 0.15) is 17.9 Å². The highest BCUT2D eigenvalue weighted by molar-refractivity contribution is 5.88. The van der Waals surface area contributed by atoms with Gasteiger partial charge in [0.15, 0.2) is 0 Å². The van der Waals surface area contributed by atoms with Crippen molar-refractivity contribution in [3.05, 3.63) is 24.0 Å².